The molecule has 2 aromatic rings. The maximum absolute atomic E-state index is 12.0. The van der Waals surface area contributed by atoms with Crippen LogP contribution in [0.4, 0.5) is 0 Å². The highest BCUT2D eigenvalue weighted by Crippen LogP contribution is 2.22. The molecule has 0 spiro atoms. The lowest BCUT2D eigenvalue weighted by Gasteiger charge is -2.16. The van der Waals surface area contributed by atoms with Gasteiger partial charge in [-0.3, -0.25) is 4.79 Å². The molecule has 0 aliphatic rings. The van der Waals surface area contributed by atoms with E-state index >= 15 is 0 Å². The molecule has 5 nitrogen and oxygen atoms in total. The third-order valence-corrected chi connectivity index (χ3v) is 3.66. The molecule has 1 atom stereocenters. The van der Waals surface area contributed by atoms with Crippen molar-refractivity contribution < 1.29 is 14.6 Å². The first kappa shape index (κ1) is 17.5. The van der Waals surface area contributed by atoms with Crippen LogP contribution in [0.5, 0.6) is 5.75 Å². The van der Waals surface area contributed by atoms with Gasteiger partial charge in [-0.2, -0.15) is 5.26 Å². The number of benzene rings is 2. The van der Waals surface area contributed by atoms with E-state index in [4.69, 9.17) is 10.00 Å². The van der Waals surface area contributed by atoms with Crippen LogP contribution in [0.2, 0.25) is 0 Å². The molecule has 0 aromatic heterocycles. The normalized spacial score (nSPS) is 11.5. The van der Waals surface area contributed by atoms with Crippen molar-refractivity contribution >= 4 is 5.91 Å². The first-order valence-electron chi connectivity index (χ1n) is 7.55. The number of aliphatic hydroxyl groups excluding tert-OH is 1. The van der Waals surface area contributed by atoms with E-state index in [9.17, 15) is 9.90 Å². The second-order valence-corrected chi connectivity index (χ2v) is 5.74. The van der Waals surface area contributed by atoms with Crippen molar-refractivity contribution in [1.29, 1.82) is 5.26 Å². The van der Waals surface area contributed by atoms with Crippen LogP contribution in [0.25, 0.3) is 0 Å². The summed E-state index contributed by atoms with van der Waals surface area (Å²) in [5.41, 5.74) is 2.63. The van der Waals surface area contributed by atoms with E-state index in [1.54, 1.807) is 50.5 Å². The van der Waals surface area contributed by atoms with Crippen molar-refractivity contribution in [2.75, 3.05) is 20.7 Å². The van der Waals surface area contributed by atoms with Gasteiger partial charge in [-0.15, -0.1) is 0 Å². The van der Waals surface area contributed by atoms with Crippen LogP contribution in [0.3, 0.4) is 0 Å². The monoisotopic (exact) mass is 324 g/mol. The molecular formula is C19H20N2O3. The summed E-state index contributed by atoms with van der Waals surface area (Å²) in [6, 6.07) is 14.0. The number of hydrogen-bond donors (Lipinski definition) is 1. The Balaban J connectivity index is 2.09. The molecule has 0 bridgehead atoms. The van der Waals surface area contributed by atoms with Crippen molar-refractivity contribution in [2.24, 2.45) is 0 Å². The molecule has 1 amide bonds. The van der Waals surface area contributed by atoms with E-state index in [2.05, 4.69) is 0 Å². The summed E-state index contributed by atoms with van der Waals surface area (Å²) >= 11 is 0. The number of ether oxygens (including phenoxy) is 1. The Hall–Kier alpha value is -2.84. The standard InChI is InChI=1S/C19H20N2O3/c1-13-4-7-16(19(23)21(2)3)10-18(13)24-12-17(22)15-8-5-14(11-20)6-9-15/h4-10,17,22H,12H2,1-3H3. The van der Waals surface area contributed by atoms with Crippen LogP contribution in [0, 0.1) is 18.3 Å². The summed E-state index contributed by atoms with van der Waals surface area (Å²) in [5, 5.41) is 19.0. The molecule has 0 aliphatic carbocycles. The highest BCUT2D eigenvalue weighted by Gasteiger charge is 2.13. The topological polar surface area (TPSA) is 73.6 Å². The number of hydrogen-bond acceptors (Lipinski definition) is 4. The molecule has 1 N–H and O–H groups in total. The fourth-order valence-electron chi connectivity index (χ4n) is 2.19. The quantitative estimate of drug-likeness (QED) is 0.917. The Morgan fingerprint density at radius 1 is 1.25 bits per heavy atom. The summed E-state index contributed by atoms with van der Waals surface area (Å²) in [6.45, 7) is 1.94. The van der Waals surface area contributed by atoms with Gasteiger partial charge in [0.1, 0.15) is 18.5 Å². The Kier molecular flexibility index (Phi) is 5.56. The van der Waals surface area contributed by atoms with Gasteiger partial charge in [-0.05, 0) is 42.3 Å². The molecule has 0 heterocycles. The Labute approximate surface area is 141 Å². The van der Waals surface area contributed by atoms with Crippen molar-refractivity contribution in [3.05, 3.63) is 64.7 Å². The zero-order valence-corrected chi connectivity index (χ0v) is 14.0. The van der Waals surface area contributed by atoms with Gasteiger partial charge in [0.25, 0.3) is 5.91 Å². The van der Waals surface area contributed by atoms with Crippen LogP contribution in [0.1, 0.15) is 33.2 Å². The predicted octanol–water partition coefficient (Wildman–Crippen LogP) is 2.68. The number of aryl methyl sites for hydroxylation is 1. The number of aliphatic hydroxyl groups is 1. The van der Waals surface area contributed by atoms with Gasteiger partial charge < -0.3 is 14.7 Å². The highest BCUT2D eigenvalue weighted by molar-refractivity contribution is 5.94. The zero-order valence-electron chi connectivity index (χ0n) is 14.0. The van der Waals surface area contributed by atoms with Crippen LogP contribution in [-0.4, -0.2) is 36.6 Å². The largest absolute Gasteiger partial charge is 0.490 e. The van der Waals surface area contributed by atoms with E-state index in [1.165, 1.54) is 4.90 Å². The average Bonchev–Trinajstić information content (AvgIpc) is 2.60. The predicted molar refractivity (Wildman–Crippen MR) is 90.8 cm³/mol. The van der Waals surface area contributed by atoms with Gasteiger partial charge >= 0.3 is 0 Å². The van der Waals surface area contributed by atoms with E-state index in [0.717, 1.165) is 5.56 Å². The fraction of sp³-hybridized carbons (Fsp3) is 0.263. The van der Waals surface area contributed by atoms with Gasteiger partial charge in [-0.1, -0.05) is 18.2 Å². The minimum absolute atomic E-state index is 0.0619. The lowest BCUT2D eigenvalue weighted by molar-refractivity contribution is 0.0826. The zero-order chi connectivity index (χ0) is 17.7. The molecule has 5 heteroatoms. The minimum atomic E-state index is -0.814. The molecule has 0 fully saturated rings. The van der Waals surface area contributed by atoms with E-state index in [0.29, 0.717) is 22.4 Å². The summed E-state index contributed by atoms with van der Waals surface area (Å²) < 4.78 is 5.69. The molecule has 0 radical (unpaired) electrons. The summed E-state index contributed by atoms with van der Waals surface area (Å²) in [6.07, 6.45) is -0.814. The number of rotatable bonds is 5. The lowest BCUT2D eigenvalue weighted by Crippen LogP contribution is -2.21. The molecule has 124 valence electrons. The van der Waals surface area contributed by atoms with Crippen molar-refractivity contribution in [1.82, 2.24) is 4.90 Å². The fourth-order valence-corrected chi connectivity index (χ4v) is 2.19. The number of nitriles is 1. The molecule has 24 heavy (non-hydrogen) atoms. The molecule has 0 saturated heterocycles. The minimum Gasteiger partial charge on any atom is -0.490 e. The smallest absolute Gasteiger partial charge is 0.253 e. The van der Waals surface area contributed by atoms with Crippen LogP contribution >= 0.6 is 0 Å². The van der Waals surface area contributed by atoms with Gasteiger partial charge in [-0.25, -0.2) is 0 Å². The molecule has 1 unspecified atom stereocenters. The second kappa shape index (κ2) is 7.62. The maximum Gasteiger partial charge on any atom is 0.253 e. The van der Waals surface area contributed by atoms with Gasteiger partial charge in [0, 0.05) is 19.7 Å². The number of amides is 1. The highest BCUT2D eigenvalue weighted by atomic mass is 16.5. The Bertz CT molecular complexity index is 761. The number of carbonyl (C=O) groups is 1. The van der Waals surface area contributed by atoms with Crippen LogP contribution in [0.15, 0.2) is 42.5 Å². The lowest BCUT2D eigenvalue weighted by atomic mass is 10.1. The Morgan fingerprint density at radius 2 is 1.92 bits per heavy atom. The number of carbonyl (C=O) groups excluding carboxylic acids is 1. The van der Waals surface area contributed by atoms with Gasteiger partial charge in [0.15, 0.2) is 0 Å². The molecular weight excluding hydrogens is 304 g/mol. The van der Waals surface area contributed by atoms with Crippen molar-refractivity contribution in [3.63, 3.8) is 0 Å². The first-order chi connectivity index (χ1) is 11.4. The van der Waals surface area contributed by atoms with Crippen molar-refractivity contribution in [3.8, 4) is 11.8 Å². The third kappa shape index (κ3) is 4.12. The third-order valence-electron chi connectivity index (χ3n) is 3.66. The Morgan fingerprint density at radius 3 is 2.50 bits per heavy atom. The van der Waals surface area contributed by atoms with Crippen LogP contribution < -0.4 is 4.74 Å². The van der Waals surface area contributed by atoms with Gasteiger partial charge in [0.05, 0.1) is 11.6 Å². The SMILES string of the molecule is Cc1ccc(C(=O)N(C)C)cc1OCC(O)c1ccc(C#N)cc1. The molecule has 2 rings (SSSR count). The molecule has 2 aromatic carbocycles. The van der Waals surface area contributed by atoms with Crippen molar-refractivity contribution in [2.45, 2.75) is 13.0 Å². The van der Waals surface area contributed by atoms with E-state index in [1.807, 2.05) is 19.1 Å². The molecule has 0 saturated carbocycles. The number of nitrogens with zero attached hydrogens (tertiary/aromatic N) is 2. The maximum atomic E-state index is 12.0. The van der Waals surface area contributed by atoms with Gasteiger partial charge in [0.2, 0.25) is 0 Å². The second-order valence-electron chi connectivity index (χ2n) is 5.74. The first-order valence-corrected chi connectivity index (χ1v) is 7.55. The molecule has 0 aliphatic heterocycles. The average molecular weight is 324 g/mol. The summed E-state index contributed by atoms with van der Waals surface area (Å²) in [4.78, 5) is 13.5. The summed E-state index contributed by atoms with van der Waals surface area (Å²) in [7, 11) is 3.38. The van der Waals surface area contributed by atoms with E-state index in [-0.39, 0.29) is 12.5 Å². The van der Waals surface area contributed by atoms with Crippen LogP contribution in [-0.2, 0) is 0 Å². The summed E-state index contributed by atoms with van der Waals surface area (Å²) in [5.74, 6) is 0.461. The van der Waals surface area contributed by atoms with E-state index < -0.39 is 6.10 Å².